The second-order valence-electron chi connectivity index (χ2n) is 5.67. The van der Waals surface area contributed by atoms with Crippen molar-refractivity contribution in [1.29, 1.82) is 0 Å². The molecule has 1 fully saturated rings. The predicted octanol–water partition coefficient (Wildman–Crippen LogP) is 3.57. The molecule has 1 saturated carbocycles. The van der Waals surface area contributed by atoms with Gasteiger partial charge in [-0.1, -0.05) is 26.2 Å². The van der Waals surface area contributed by atoms with E-state index in [-0.39, 0.29) is 6.04 Å². The van der Waals surface area contributed by atoms with Crippen LogP contribution >= 0.6 is 0 Å². The van der Waals surface area contributed by atoms with Gasteiger partial charge in [-0.05, 0) is 26.2 Å². The minimum atomic E-state index is -4.07. The second-order valence-corrected chi connectivity index (χ2v) is 5.67. The first kappa shape index (κ1) is 16.8. The smallest absolute Gasteiger partial charge is 0.313 e. The molecule has 1 N–H and O–H groups in total. The fraction of sp³-hybridized carbons (Fsp3) is 1.00. The Morgan fingerprint density at radius 1 is 1.26 bits per heavy atom. The van der Waals surface area contributed by atoms with Gasteiger partial charge in [-0.2, -0.15) is 13.2 Å². The number of rotatable bonds is 10. The number of halogens is 3. The highest BCUT2D eigenvalue weighted by molar-refractivity contribution is 4.86. The number of hydrogen-bond donors (Lipinski definition) is 1. The highest BCUT2D eigenvalue weighted by atomic mass is 19.4. The summed E-state index contributed by atoms with van der Waals surface area (Å²) in [5.74, 6) is 0. The first-order valence-corrected chi connectivity index (χ1v) is 7.46. The standard InChI is InChI=1S/C14H27F3N2/c1-3-4-5-6-12(2)18-9-10-19(13-7-8-13)11-14(15,16)17/h12-13,18H,3-11H2,1-2H3. The molecule has 0 heterocycles. The van der Waals surface area contributed by atoms with Gasteiger partial charge in [0.1, 0.15) is 0 Å². The molecule has 0 aromatic rings. The summed E-state index contributed by atoms with van der Waals surface area (Å²) in [6.45, 7) is 4.68. The third-order valence-corrected chi connectivity index (χ3v) is 3.58. The second kappa shape index (κ2) is 8.10. The summed E-state index contributed by atoms with van der Waals surface area (Å²) in [5.41, 5.74) is 0. The molecule has 2 nitrogen and oxygen atoms in total. The Morgan fingerprint density at radius 2 is 1.95 bits per heavy atom. The highest BCUT2D eigenvalue weighted by Gasteiger charge is 2.37. The SMILES string of the molecule is CCCCCC(C)NCCN(CC(F)(F)F)C1CC1. The summed E-state index contributed by atoms with van der Waals surface area (Å²) in [6.07, 6.45) is 2.50. The van der Waals surface area contributed by atoms with Crippen LogP contribution in [-0.2, 0) is 0 Å². The maximum absolute atomic E-state index is 12.4. The third-order valence-electron chi connectivity index (χ3n) is 3.58. The zero-order chi connectivity index (χ0) is 14.3. The Kier molecular flexibility index (Phi) is 7.15. The van der Waals surface area contributed by atoms with Gasteiger partial charge in [0.05, 0.1) is 6.54 Å². The molecule has 1 aliphatic rings. The molecule has 1 rings (SSSR count). The molecule has 1 aliphatic carbocycles. The van der Waals surface area contributed by atoms with Gasteiger partial charge in [0.15, 0.2) is 0 Å². The van der Waals surface area contributed by atoms with Crippen LogP contribution in [-0.4, -0.2) is 42.8 Å². The topological polar surface area (TPSA) is 15.3 Å². The van der Waals surface area contributed by atoms with Crippen molar-refractivity contribution < 1.29 is 13.2 Å². The Hall–Kier alpha value is -0.290. The molecular weight excluding hydrogens is 253 g/mol. The van der Waals surface area contributed by atoms with E-state index < -0.39 is 12.7 Å². The van der Waals surface area contributed by atoms with Crippen LogP contribution in [0.2, 0.25) is 0 Å². The van der Waals surface area contributed by atoms with E-state index in [4.69, 9.17) is 0 Å². The molecule has 0 aromatic heterocycles. The van der Waals surface area contributed by atoms with Gasteiger partial charge in [-0.25, -0.2) is 0 Å². The molecular formula is C14H27F3N2. The Labute approximate surface area is 114 Å². The lowest BCUT2D eigenvalue weighted by atomic mass is 10.1. The van der Waals surface area contributed by atoms with Crippen LogP contribution in [0, 0.1) is 0 Å². The summed E-state index contributed by atoms with van der Waals surface area (Å²) < 4.78 is 37.3. The van der Waals surface area contributed by atoms with Crippen molar-refractivity contribution in [2.75, 3.05) is 19.6 Å². The van der Waals surface area contributed by atoms with E-state index in [9.17, 15) is 13.2 Å². The quantitative estimate of drug-likeness (QED) is 0.615. The van der Waals surface area contributed by atoms with E-state index in [1.165, 1.54) is 19.3 Å². The normalized spacial score (nSPS) is 18.0. The van der Waals surface area contributed by atoms with E-state index in [1.807, 2.05) is 0 Å². The number of hydrogen-bond acceptors (Lipinski definition) is 2. The van der Waals surface area contributed by atoms with Crippen molar-refractivity contribution >= 4 is 0 Å². The lowest BCUT2D eigenvalue weighted by Crippen LogP contribution is -2.41. The molecule has 0 radical (unpaired) electrons. The molecule has 0 bridgehead atoms. The van der Waals surface area contributed by atoms with Crippen molar-refractivity contribution in [3.05, 3.63) is 0 Å². The van der Waals surface area contributed by atoms with Crippen LogP contribution in [0.3, 0.4) is 0 Å². The number of nitrogens with one attached hydrogen (secondary N) is 1. The number of alkyl halides is 3. The van der Waals surface area contributed by atoms with Crippen LogP contribution in [0.4, 0.5) is 13.2 Å². The molecule has 1 unspecified atom stereocenters. The average Bonchev–Trinajstić information content (AvgIpc) is 3.10. The molecule has 0 aromatic carbocycles. The Balaban J connectivity index is 2.14. The van der Waals surface area contributed by atoms with E-state index in [2.05, 4.69) is 19.2 Å². The van der Waals surface area contributed by atoms with Crippen molar-refractivity contribution in [3.63, 3.8) is 0 Å². The van der Waals surface area contributed by atoms with Crippen molar-refractivity contribution in [2.45, 2.75) is 70.6 Å². The van der Waals surface area contributed by atoms with Gasteiger partial charge in [0.25, 0.3) is 0 Å². The lowest BCUT2D eigenvalue weighted by molar-refractivity contribution is -0.147. The van der Waals surface area contributed by atoms with E-state index in [0.717, 1.165) is 19.3 Å². The first-order valence-electron chi connectivity index (χ1n) is 7.46. The summed E-state index contributed by atoms with van der Waals surface area (Å²) in [4.78, 5) is 1.58. The molecule has 19 heavy (non-hydrogen) atoms. The lowest BCUT2D eigenvalue weighted by Gasteiger charge is -2.24. The van der Waals surface area contributed by atoms with Crippen molar-refractivity contribution in [3.8, 4) is 0 Å². The monoisotopic (exact) mass is 280 g/mol. The van der Waals surface area contributed by atoms with E-state index in [0.29, 0.717) is 19.1 Å². The molecule has 5 heteroatoms. The number of nitrogens with zero attached hydrogens (tertiary/aromatic N) is 1. The van der Waals surface area contributed by atoms with Gasteiger partial charge in [0.2, 0.25) is 0 Å². The number of unbranched alkanes of at least 4 members (excludes halogenated alkanes) is 2. The predicted molar refractivity (Wildman–Crippen MR) is 72.3 cm³/mol. The summed E-state index contributed by atoms with van der Waals surface area (Å²) in [6, 6.07) is 0.567. The minimum Gasteiger partial charge on any atom is -0.313 e. The fourth-order valence-electron chi connectivity index (χ4n) is 2.32. The molecule has 0 saturated heterocycles. The van der Waals surface area contributed by atoms with Gasteiger partial charge >= 0.3 is 6.18 Å². The van der Waals surface area contributed by atoms with Crippen LogP contribution in [0.15, 0.2) is 0 Å². The van der Waals surface area contributed by atoms with Gasteiger partial charge < -0.3 is 5.32 Å². The van der Waals surface area contributed by atoms with Crippen molar-refractivity contribution in [2.24, 2.45) is 0 Å². The van der Waals surface area contributed by atoms with Crippen LogP contribution in [0.5, 0.6) is 0 Å². The van der Waals surface area contributed by atoms with Crippen LogP contribution in [0.1, 0.15) is 52.4 Å². The maximum atomic E-state index is 12.4. The molecule has 114 valence electrons. The van der Waals surface area contributed by atoms with Crippen LogP contribution in [0.25, 0.3) is 0 Å². The zero-order valence-corrected chi connectivity index (χ0v) is 12.1. The van der Waals surface area contributed by atoms with Crippen molar-refractivity contribution in [1.82, 2.24) is 10.2 Å². The third kappa shape index (κ3) is 8.47. The molecule has 0 amide bonds. The zero-order valence-electron chi connectivity index (χ0n) is 12.1. The fourth-order valence-corrected chi connectivity index (χ4v) is 2.32. The molecule has 0 aliphatic heterocycles. The minimum absolute atomic E-state index is 0.166. The molecule has 1 atom stereocenters. The average molecular weight is 280 g/mol. The summed E-state index contributed by atoms with van der Waals surface area (Å²) in [7, 11) is 0. The van der Waals surface area contributed by atoms with Gasteiger partial charge in [0, 0.05) is 25.2 Å². The Bertz CT molecular complexity index is 239. The maximum Gasteiger partial charge on any atom is 0.401 e. The van der Waals surface area contributed by atoms with Crippen LogP contribution < -0.4 is 5.32 Å². The summed E-state index contributed by atoms with van der Waals surface area (Å²) in [5, 5.41) is 3.33. The van der Waals surface area contributed by atoms with E-state index in [1.54, 1.807) is 4.90 Å². The Morgan fingerprint density at radius 3 is 2.47 bits per heavy atom. The van der Waals surface area contributed by atoms with Gasteiger partial charge in [-0.15, -0.1) is 0 Å². The highest BCUT2D eigenvalue weighted by Crippen LogP contribution is 2.29. The first-order chi connectivity index (χ1) is 8.92. The molecule has 0 spiro atoms. The van der Waals surface area contributed by atoms with Gasteiger partial charge in [-0.3, -0.25) is 4.90 Å². The summed E-state index contributed by atoms with van der Waals surface area (Å²) >= 11 is 0. The largest absolute Gasteiger partial charge is 0.401 e. The van der Waals surface area contributed by atoms with E-state index >= 15 is 0 Å².